The van der Waals surface area contributed by atoms with Crippen LogP contribution < -0.4 is 10.6 Å². The summed E-state index contributed by atoms with van der Waals surface area (Å²) in [5.74, 6) is -2.29. The third-order valence-electron chi connectivity index (χ3n) is 5.16. The van der Waals surface area contributed by atoms with Crippen molar-refractivity contribution in [3.05, 3.63) is 106 Å². The lowest BCUT2D eigenvalue weighted by Crippen LogP contribution is -2.34. The van der Waals surface area contributed by atoms with Gasteiger partial charge in [0, 0.05) is 12.2 Å². The lowest BCUT2D eigenvalue weighted by Gasteiger charge is -2.22. The number of benzene rings is 3. The molecule has 8 nitrogen and oxygen atoms in total. The van der Waals surface area contributed by atoms with Gasteiger partial charge in [0.1, 0.15) is 19.0 Å². The van der Waals surface area contributed by atoms with Gasteiger partial charge >= 0.3 is 11.7 Å². The zero-order valence-corrected chi connectivity index (χ0v) is 18.3. The maximum atomic E-state index is 14.0. The molecule has 0 atom stereocenters. The maximum Gasteiger partial charge on any atom is 0.370 e. The Hall–Kier alpha value is -4.34. The van der Waals surface area contributed by atoms with Crippen LogP contribution in [0.15, 0.2) is 77.6 Å². The molecule has 4 aromatic rings. The lowest BCUT2D eigenvalue weighted by molar-refractivity contribution is 0.0472. The van der Waals surface area contributed by atoms with Gasteiger partial charge in [-0.25, -0.2) is 18.4 Å². The lowest BCUT2D eigenvalue weighted by atomic mass is 10.2. The van der Waals surface area contributed by atoms with Crippen LogP contribution in [0.5, 0.6) is 0 Å². The van der Waals surface area contributed by atoms with Crippen molar-refractivity contribution < 1.29 is 18.3 Å². The molecule has 174 valence electrons. The highest BCUT2D eigenvalue weighted by atomic mass is 19.1. The number of carbonyl (C=O) groups excluding carboxylic acids is 1. The highest BCUT2D eigenvalue weighted by molar-refractivity contribution is 5.89. The number of tetrazole rings is 1. The summed E-state index contributed by atoms with van der Waals surface area (Å²) in [6.45, 7) is 2.52. The van der Waals surface area contributed by atoms with Gasteiger partial charge in [0.25, 0.3) is 0 Å². The average Bonchev–Trinajstić information content (AvgIpc) is 3.21. The second-order valence-corrected chi connectivity index (χ2v) is 7.35. The van der Waals surface area contributed by atoms with E-state index >= 15 is 0 Å². The summed E-state index contributed by atoms with van der Waals surface area (Å²) >= 11 is 0. The highest BCUT2D eigenvalue weighted by Crippen LogP contribution is 2.18. The summed E-state index contributed by atoms with van der Waals surface area (Å²) in [4.78, 5) is 26.8. The summed E-state index contributed by atoms with van der Waals surface area (Å²) in [5, 5.41) is 7.38. The van der Waals surface area contributed by atoms with E-state index in [0.717, 1.165) is 22.4 Å². The molecule has 0 aliphatic heterocycles. The van der Waals surface area contributed by atoms with E-state index in [9.17, 15) is 18.4 Å². The molecule has 0 radical (unpaired) electrons. The number of esters is 1. The molecular formula is C24H21F2N5O3. The number of hydrogen-bond acceptors (Lipinski definition) is 6. The average molecular weight is 465 g/mol. The van der Waals surface area contributed by atoms with E-state index in [1.165, 1.54) is 6.07 Å². The largest absolute Gasteiger partial charge is 0.457 e. The van der Waals surface area contributed by atoms with Gasteiger partial charge in [-0.1, -0.05) is 36.4 Å². The maximum absolute atomic E-state index is 14.0. The minimum Gasteiger partial charge on any atom is -0.457 e. The number of ether oxygens (including phenoxy) is 1. The Morgan fingerprint density at radius 1 is 0.941 bits per heavy atom. The van der Waals surface area contributed by atoms with Crippen molar-refractivity contribution in [3.8, 4) is 5.69 Å². The molecule has 0 spiro atoms. The second kappa shape index (κ2) is 10.1. The summed E-state index contributed by atoms with van der Waals surface area (Å²) in [7, 11) is 0. The first-order valence-corrected chi connectivity index (χ1v) is 10.5. The Morgan fingerprint density at radius 3 is 2.26 bits per heavy atom. The molecule has 3 aromatic carbocycles. The molecule has 4 rings (SSSR count). The number of rotatable bonds is 8. The summed E-state index contributed by atoms with van der Waals surface area (Å²) in [6.07, 6.45) is 0. The zero-order chi connectivity index (χ0) is 24.1. The number of nitrogens with zero attached hydrogens (tertiary/aromatic N) is 5. The van der Waals surface area contributed by atoms with Crippen LogP contribution >= 0.6 is 0 Å². The normalized spacial score (nSPS) is 10.8. The molecule has 0 aliphatic rings. The van der Waals surface area contributed by atoms with Gasteiger partial charge in [-0.3, -0.25) is 0 Å². The van der Waals surface area contributed by atoms with Crippen molar-refractivity contribution in [2.24, 2.45) is 0 Å². The van der Waals surface area contributed by atoms with Gasteiger partial charge < -0.3 is 9.64 Å². The van der Waals surface area contributed by atoms with Crippen molar-refractivity contribution in [2.45, 2.75) is 20.2 Å². The summed E-state index contributed by atoms with van der Waals surface area (Å²) in [5.41, 5.74) is 0.608. The molecule has 0 saturated heterocycles. The number of halogens is 2. The van der Waals surface area contributed by atoms with E-state index in [1.807, 2.05) is 37.3 Å². The fourth-order valence-corrected chi connectivity index (χ4v) is 3.34. The predicted molar refractivity (Wildman–Crippen MR) is 121 cm³/mol. The Labute approximate surface area is 193 Å². The molecule has 0 saturated carbocycles. The van der Waals surface area contributed by atoms with E-state index in [4.69, 9.17) is 4.74 Å². The van der Waals surface area contributed by atoms with Crippen LogP contribution in [-0.4, -0.2) is 32.3 Å². The number of aromatic nitrogens is 4. The molecule has 0 aliphatic carbocycles. The fourth-order valence-electron chi connectivity index (χ4n) is 3.34. The Morgan fingerprint density at radius 2 is 1.62 bits per heavy atom. The quantitative estimate of drug-likeness (QED) is 0.370. The summed E-state index contributed by atoms with van der Waals surface area (Å²) in [6, 6.07) is 19.3. The minimum absolute atomic E-state index is 0.0107. The molecule has 1 heterocycles. The third kappa shape index (κ3) is 4.85. The van der Waals surface area contributed by atoms with E-state index in [-0.39, 0.29) is 13.3 Å². The Balaban J connectivity index is 1.47. The van der Waals surface area contributed by atoms with Gasteiger partial charge in [0.2, 0.25) is 0 Å². The predicted octanol–water partition coefficient (Wildman–Crippen LogP) is 3.55. The third-order valence-corrected chi connectivity index (χ3v) is 5.16. The van der Waals surface area contributed by atoms with Crippen LogP contribution in [0.1, 0.15) is 22.8 Å². The first kappa shape index (κ1) is 22.8. The zero-order valence-electron chi connectivity index (χ0n) is 18.3. The Bertz CT molecular complexity index is 1320. The van der Waals surface area contributed by atoms with E-state index in [0.29, 0.717) is 22.5 Å². The van der Waals surface area contributed by atoms with Gasteiger partial charge in [-0.2, -0.15) is 9.36 Å². The standard InChI is InChI=1S/C24H21F2N5O3/c1-2-29(16-30-24(33)31(28-27-30)22-20(25)9-6-10-21(22)26)19-13-11-18(12-14-19)23(32)34-15-17-7-4-3-5-8-17/h3-14H,2,15-16H2,1H3. The molecule has 0 amide bonds. The first-order chi connectivity index (χ1) is 16.5. The van der Waals surface area contributed by atoms with Crippen molar-refractivity contribution >= 4 is 11.7 Å². The monoisotopic (exact) mass is 465 g/mol. The Kier molecular flexibility index (Phi) is 6.77. The number of anilines is 1. The molecule has 0 bridgehead atoms. The van der Waals surface area contributed by atoms with Gasteiger partial charge in [0.05, 0.1) is 5.56 Å². The van der Waals surface area contributed by atoms with Crippen molar-refractivity contribution in [3.63, 3.8) is 0 Å². The highest BCUT2D eigenvalue weighted by Gasteiger charge is 2.18. The molecule has 10 heteroatoms. The van der Waals surface area contributed by atoms with Gasteiger partial charge in [0.15, 0.2) is 11.6 Å². The van der Waals surface area contributed by atoms with Crippen molar-refractivity contribution in [1.82, 2.24) is 19.8 Å². The topological polar surface area (TPSA) is 82.3 Å². The second-order valence-electron chi connectivity index (χ2n) is 7.35. The minimum atomic E-state index is -0.920. The number of hydrogen-bond donors (Lipinski definition) is 0. The van der Waals surface area contributed by atoms with Crippen LogP contribution in [-0.2, 0) is 18.0 Å². The van der Waals surface area contributed by atoms with Gasteiger partial charge in [-0.15, -0.1) is 0 Å². The summed E-state index contributed by atoms with van der Waals surface area (Å²) < 4.78 is 35.0. The van der Waals surface area contributed by atoms with Crippen molar-refractivity contribution in [1.29, 1.82) is 0 Å². The van der Waals surface area contributed by atoms with Crippen LogP contribution in [0, 0.1) is 11.6 Å². The molecule has 34 heavy (non-hydrogen) atoms. The fraction of sp³-hybridized carbons (Fsp3) is 0.167. The molecule has 0 N–H and O–H groups in total. The van der Waals surface area contributed by atoms with E-state index in [1.54, 1.807) is 29.2 Å². The molecule has 0 unspecified atom stereocenters. The molecule has 0 fully saturated rings. The SMILES string of the molecule is CCN(Cn1nnn(-c2c(F)cccc2F)c1=O)c1ccc(C(=O)OCc2ccccc2)cc1. The molecule has 1 aromatic heterocycles. The smallest absolute Gasteiger partial charge is 0.370 e. The van der Waals surface area contributed by atoms with Crippen molar-refractivity contribution in [2.75, 3.05) is 11.4 Å². The first-order valence-electron chi connectivity index (χ1n) is 10.5. The molecular weight excluding hydrogens is 444 g/mol. The van der Waals surface area contributed by atoms with Crippen LogP contribution in [0.2, 0.25) is 0 Å². The van der Waals surface area contributed by atoms with Gasteiger partial charge in [-0.05, 0) is 59.3 Å². The number of para-hydroxylation sites is 1. The van der Waals surface area contributed by atoms with Crippen LogP contribution in [0.25, 0.3) is 5.69 Å². The number of carbonyl (C=O) groups is 1. The van der Waals surface area contributed by atoms with E-state index in [2.05, 4.69) is 10.4 Å². The van der Waals surface area contributed by atoms with Crippen LogP contribution in [0.4, 0.5) is 14.5 Å². The van der Waals surface area contributed by atoms with Crippen LogP contribution in [0.3, 0.4) is 0 Å². The van der Waals surface area contributed by atoms with E-state index < -0.39 is 29.0 Å².